The first-order valence-electron chi connectivity index (χ1n) is 6.45. The predicted octanol–water partition coefficient (Wildman–Crippen LogP) is 3.80. The standard InChI is InChI=1S/C17H9ClN2O2/c18-14(9-11-5-7-12(10-19)8-6-11)16-20-15-4-2-1-3-13(15)17(21)22-16/h1-9H/b14-9-. The number of halogens is 1. The third-order valence-corrected chi connectivity index (χ3v) is 3.34. The molecular weight excluding hydrogens is 300 g/mol. The molecule has 0 saturated heterocycles. The van der Waals surface area contributed by atoms with Crippen molar-refractivity contribution in [3.8, 4) is 6.07 Å². The average molecular weight is 309 g/mol. The van der Waals surface area contributed by atoms with Gasteiger partial charge in [-0.3, -0.25) is 0 Å². The van der Waals surface area contributed by atoms with Crippen molar-refractivity contribution in [2.75, 3.05) is 0 Å². The van der Waals surface area contributed by atoms with Crippen LogP contribution in [0.15, 0.2) is 57.7 Å². The quantitative estimate of drug-likeness (QED) is 0.722. The Bertz CT molecular complexity index is 966. The summed E-state index contributed by atoms with van der Waals surface area (Å²) in [6, 6.07) is 15.8. The summed E-state index contributed by atoms with van der Waals surface area (Å²) in [7, 11) is 0. The van der Waals surface area contributed by atoms with Crippen LogP contribution in [0.2, 0.25) is 0 Å². The largest absolute Gasteiger partial charge is 0.402 e. The molecular formula is C17H9ClN2O2. The summed E-state index contributed by atoms with van der Waals surface area (Å²) in [5.41, 5.74) is 1.39. The molecule has 106 valence electrons. The van der Waals surface area contributed by atoms with Gasteiger partial charge in [0.15, 0.2) is 0 Å². The van der Waals surface area contributed by atoms with Crippen LogP contribution in [0.3, 0.4) is 0 Å². The first-order chi connectivity index (χ1) is 10.7. The molecule has 0 radical (unpaired) electrons. The molecule has 1 aromatic heterocycles. The van der Waals surface area contributed by atoms with Crippen molar-refractivity contribution < 1.29 is 4.42 Å². The number of fused-ring (bicyclic) bond motifs is 1. The summed E-state index contributed by atoms with van der Waals surface area (Å²) in [4.78, 5) is 16.2. The highest BCUT2D eigenvalue weighted by Gasteiger charge is 2.09. The van der Waals surface area contributed by atoms with Crippen LogP contribution in [-0.2, 0) is 0 Å². The Morgan fingerprint density at radius 3 is 2.64 bits per heavy atom. The number of benzene rings is 2. The molecule has 0 aliphatic carbocycles. The molecule has 22 heavy (non-hydrogen) atoms. The van der Waals surface area contributed by atoms with E-state index in [0.29, 0.717) is 16.5 Å². The summed E-state index contributed by atoms with van der Waals surface area (Å²) in [5.74, 6) is 0.0646. The van der Waals surface area contributed by atoms with Gasteiger partial charge in [0.25, 0.3) is 0 Å². The second-order valence-corrected chi connectivity index (χ2v) is 4.96. The summed E-state index contributed by atoms with van der Waals surface area (Å²) in [6.45, 7) is 0. The lowest BCUT2D eigenvalue weighted by molar-refractivity contribution is 0.489. The van der Waals surface area contributed by atoms with Crippen molar-refractivity contribution in [3.63, 3.8) is 0 Å². The van der Waals surface area contributed by atoms with Gasteiger partial charge in [-0.05, 0) is 35.9 Å². The van der Waals surface area contributed by atoms with E-state index < -0.39 is 5.63 Å². The lowest BCUT2D eigenvalue weighted by Crippen LogP contribution is -2.03. The van der Waals surface area contributed by atoms with Gasteiger partial charge in [0.05, 0.1) is 22.5 Å². The van der Waals surface area contributed by atoms with Crippen LogP contribution in [0.1, 0.15) is 17.0 Å². The zero-order chi connectivity index (χ0) is 15.5. The van der Waals surface area contributed by atoms with Gasteiger partial charge in [0.2, 0.25) is 5.89 Å². The molecule has 0 amide bonds. The van der Waals surface area contributed by atoms with Crippen molar-refractivity contribution in [3.05, 3.63) is 76.0 Å². The highest BCUT2D eigenvalue weighted by atomic mass is 35.5. The maximum Gasteiger partial charge on any atom is 0.347 e. The molecule has 1 heterocycles. The molecule has 0 aliphatic rings. The number of hydrogen-bond donors (Lipinski definition) is 0. The molecule has 0 spiro atoms. The van der Waals surface area contributed by atoms with E-state index >= 15 is 0 Å². The first kappa shape index (κ1) is 14.1. The molecule has 3 rings (SSSR count). The second-order valence-electron chi connectivity index (χ2n) is 4.55. The maximum absolute atomic E-state index is 11.9. The Morgan fingerprint density at radius 2 is 1.91 bits per heavy atom. The molecule has 5 heteroatoms. The third kappa shape index (κ3) is 2.76. The third-order valence-electron chi connectivity index (χ3n) is 3.07. The average Bonchev–Trinajstić information content (AvgIpc) is 2.55. The van der Waals surface area contributed by atoms with E-state index in [1.54, 1.807) is 54.6 Å². The second kappa shape index (κ2) is 5.84. The molecule has 0 saturated carbocycles. The number of rotatable bonds is 2. The monoisotopic (exact) mass is 308 g/mol. The molecule has 0 N–H and O–H groups in total. The van der Waals surface area contributed by atoms with E-state index in [1.807, 2.05) is 6.07 Å². The minimum atomic E-state index is -0.480. The molecule has 2 aromatic carbocycles. The van der Waals surface area contributed by atoms with Gasteiger partial charge in [0.1, 0.15) is 5.03 Å². The Morgan fingerprint density at radius 1 is 1.18 bits per heavy atom. The molecule has 4 nitrogen and oxygen atoms in total. The van der Waals surface area contributed by atoms with Gasteiger partial charge < -0.3 is 4.42 Å². The number of nitriles is 1. The molecule has 0 unspecified atom stereocenters. The zero-order valence-electron chi connectivity index (χ0n) is 11.3. The lowest BCUT2D eigenvalue weighted by Gasteiger charge is -2.00. The van der Waals surface area contributed by atoms with E-state index in [2.05, 4.69) is 4.98 Å². The van der Waals surface area contributed by atoms with E-state index in [0.717, 1.165) is 5.56 Å². The van der Waals surface area contributed by atoms with Crippen molar-refractivity contribution in [2.24, 2.45) is 0 Å². The normalized spacial score (nSPS) is 11.4. The number of para-hydroxylation sites is 1. The maximum atomic E-state index is 11.9. The van der Waals surface area contributed by atoms with E-state index in [1.165, 1.54) is 0 Å². The lowest BCUT2D eigenvalue weighted by atomic mass is 10.1. The molecule has 0 aliphatic heterocycles. The van der Waals surface area contributed by atoms with Crippen LogP contribution >= 0.6 is 11.6 Å². The Hall–Kier alpha value is -2.90. The highest BCUT2D eigenvalue weighted by Crippen LogP contribution is 2.21. The number of hydrogen-bond acceptors (Lipinski definition) is 4. The molecule has 0 fully saturated rings. The van der Waals surface area contributed by atoms with Crippen LogP contribution in [0.4, 0.5) is 0 Å². The van der Waals surface area contributed by atoms with Crippen LogP contribution in [0.5, 0.6) is 0 Å². The van der Waals surface area contributed by atoms with Crippen LogP contribution in [0.25, 0.3) is 22.0 Å². The first-order valence-corrected chi connectivity index (χ1v) is 6.83. The Balaban J connectivity index is 2.04. The summed E-state index contributed by atoms with van der Waals surface area (Å²) in [6.07, 6.45) is 1.63. The topological polar surface area (TPSA) is 66.9 Å². The Labute approximate surface area is 130 Å². The smallest absolute Gasteiger partial charge is 0.347 e. The van der Waals surface area contributed by atoms with Crippen molar-refractivity contribution in [1.82, 2.24) is 4.98 Å². The van der Waals surface area contributed by atoms with Crippen molar-refractivity contribution >= 4 is 33.6 Å². The zero-order valence-corrected chi connectivity index (χ0v) is 12.0. The van der Waals surface area contributed by atoms with Crippen LogP contribution in [-0.4, -0.2) is 4.98 Å². The Kier molecular flexibility index (Phi) is 3.73. The van der Waals surface area contributed by atoms with Gasteiger partial charge >= 0.3 is 5.63 Å². The summed E-state index contributed by atoms with van der Waals surface area (Å²) >= 11 is 6.19. The van der Waals surface area contributed by atoms with Gasteiger partial charge in [-0.25, -0.2) is 9.78 Å². The fourth-order valence-corrected chi connectivity index (χ4v) is 2.19. The SMILES string of the molecule is N#Cc1ccc(/C=C(\Cl)c2nc3ccccc3c(=O)o2)cc1. The number of aromatic nitrogens is 1. The van der Waals surface area contributed by atoms with Crippen molar-refractivity contribution in [2.45, 2.75) is 0 Å². The summed E-state index contributed by atoms with van der Waals surface area (Å²) < 4.78 is 5.15. The van der Waals surface area contributed by atoms with Gasteiger partial charge in [-0.2, -0.15) is 5.26 Å². The van der Waals surface area contributed by atoms with E-state index in [-0.39, 0.29) is 10.9 Å². The summed E-state index contributed by atoms with van der Waals surface area (Å²) in [5, 5.41) is 9.39. The van der Waals surface area contributed by atoms with Crippen LogP contribution in [0, 0.1) is 11.3 Å². The van der Waals surface area contributed by atoms with Gasteiger partial charge in [-0.1, -0.05) is 35.9 Å². The highest BCUT2D eigenvalue weighted by molar-refractivity contribution is 6.50. The molecule has 0 bridgehead atoms. The minimum absolute atomic E-state index is 0.0646. The fourth-order valence-electron chi connectivity index (χ4n) is 1.98. The van der Waals surface area contributed by atoms with Crippen LogP contribution < -0.4 is 5.63 Å². The van der Waals surface area contributed by atoms with E-state index in [9.17, 15) is 4.79 Å². The van der Waals surface area contributed by atoms with Gasteiger partial charge in [-0.15, -0.1) is 0 Å². The number of nitrogens with zero attached hydrogens (tertiary/aromatic N) is 2. The van der Waals surface area contributed by atoms with E-state index in [4.69, 9.17) is 21.3 Å². The fraction of sp³-hybridized carbons (Fsp3) is 0. The predicted molar refractivity (Wildman–Crippen MR) is 85.2 cm³/mol. The van der Waals surface area contributed by atoms with Gasteiger partial charge in [0, 0.05) is 0 Å². The molecule has 0 atom stereocenters. The molecule has 3 aromatic rings. The van der Waals surface area contributed by atoms with Crippen molar-refractivity contribution in [1.29, 1.82) is 5.26 Å². The minimum Gasteiger partial charge on any atom is -0.402 e.